The Morgan fingerprint density at radius 3 is 2.55 bits per heavy atom. The highest BCUT2D eigenvalue weighted by molar-refractivity contribution is 5.86. The van der Waals surface area contributed by atoms with Crippen LogP contribution in [0.1, 0.15) is 29.9 Å². The molecule has 1 N–H and O–H groups in total. The fourth-order valence-electron chi connectivity index (χ4n) is 3.23. The Kier molecular flexibility index (Phi) is 6.11. The van der Waals surface area contributed by atoms with Gasteiger partial charge >= 0.3 is 0 Å². The summed E-state index contributed by atoms with van der Waals surface area (Å²) in [7, 11) is 1.62. The van der Waals surface area contributed by atoms with Crippen LogP contribution < -0.4 is 5.32 Å². The van der Waals surface area contributed by atoms with Gasteiger partial charge < -0.3 is 10.2 Å². The predicted molar refractivity (Wildman–Crippen MR) is 109 cm³/mol. The van der Waals surface area contributed by atoms with Crippen molar-refractivity contribution in [3.05, 3.63) is 65.7 Å². The lowest BCUT2D eigenvalue weighted by molar-refractivity contribution is -0.137. The van der Waals surface area contributed by atoms with Crippen molar-refractivity contribution in [2.75, 3.05) is 13.6 Å². The van der Waals surface area contributed by atoms with E-state index in [1.165, 1.54) is 4.90 Å². The molecular formula is C21H26N6O2. The van der Waals surface area contributed by atoms with Crippen LogP contribution in [0.2, 0.25) is 0 Å². The number of nitrogens with one attached hydrogen (secondary N) is 1. The van der Waals surface area contributed by atoms with Gasteiger partial charge in [0.05, 0.1) is 17.9 Å². The molecule has 0 aliphatic carbocycles. The molecule has 0 bridgehead atoms. The molecule has 3 aromatic rings. The zero-order valence-electron chi connectivity index (χ0n) is 17.2. The Bertz CT molecular complexity index is 978. The van der Waals surface area contributed by atoms with Gasteiger partial charge in [-0.3, -0.25) is 14.3 Å². The maximum atomic E-state index is 12.5. The van der Waals surface area contributed by atoms with Crippen molar-refractivity contribution < 1.29 is 9.59 Å². The highest BCUT2D eigenvalue weighted by atomic mass is 16.2. The van der Waals surface area contributed by atoms with Crippen LogP contribution in [-0.4, -0.2) is 49.9 Å². The lowest BCUT2D eigenvalue weighted by atomic mass is 10.2. The number of hydrogen-bond acceptors (Lipinski definition) is 4. The molecule has 0 spiro atoms. The molecule has 1 unspecified atom stereocenters. The van der Waals surface area contributed by atoms with Crippen molar-refractivity contribution in [1.29, 1.82) is 0 Å². The number of nitrogens with zero attached hydrogens (tertiary/aromatic N) is 5. The Morgan fingerprint density at radius 1 is 1.17 bits per heavy atom. The number of rotatable bonds is 7. The minimum atomic E-state index is -0.462. The van der Waals surface area contributed by atoms with Gasteiger partial charge in [-0.15, -0.1) is 0 Å². The second-order valence-corrected chi connectivity index (χ2v) is 7.03. The maximum absolute atomic E-state index is 12.5. The van der Waals surface area contributed by atoms with E-state index in [1.54, 1.807) is 37.1 Å². The Hall–Kier alpha value is -3.42. The van der Waals surface area contributed by atoms with Crippen LogP contribution >= 0.6 is 0 Å². The van der Waals surface area contributed by atoms with Gasteiger partial charge in [-0.25, -0.2) is 4.68 Å². The SMILES string of the molecule is Cc1nn(-c2ccccc2)c(C)c1CNC(=O)CN(C)C(=O)C(C)n1cccn1. The minimum absolute atomic E-state index is 0.0185. The first-order valence-electron chi connectivity index (χ1n) is 9.49. The lowest BCUT2D eigenvalue weighted by Crippen LogP contribution is -2.41. The van der Waals surface area contributed by atoms with Crippen LogP contribution in [0.5, 0.6) is 0 Å². The first-order valence-corrected chi connectivity index (χ1v) is 9.49. The van der Waals surface area contributed by atoms with Gasteiger partial charge in [0.1, 0.15) is 6.04 Å². The third-order valence-corrected chi connectivity index (χ3v) is 4.94. The minimum Gasteiger partial charge on any atom is -0.350 e. The smallest absolute Gasteiger partial charge is 0.247 e. The molecule has 0 fully saturated rings. The number of aromatic nitrogens is 4. The third-order valence-electron chi connectivity index (χ3n) is 4.94. The topological polar surface area (TPSA) is 85.0 Å². The molecule has 2 amide bonds. The predicted octanol–water partition coefficient (Wildman–Crippen LogP) is 2.02. The number of likely N-dealkylation sites (N-methyl/N-ethyl adjacent to an activating group) is 1. The van der Waals surface area contributed by atoms with Crippen molar-refractivity contribution in [3.8, 4) is 5.69 Å². The third kappa shape index (κ3) is 4.53. The number of hydrogen-bond donors (Lipinski definition) is 1. The molecule has 1 atom stereocenters. The zero-order valence-corrected chi connectivity index (χ0v) is 17.2. The fraction of sp³-hybridized carbons (Fsp3) is 0.333. The zero-order chi connectivity index (χ0) is 21.0. The van der Waals surface area contributed by atoms with E-state index in [1.807, 2.05) is 48.9 Å². The standard InChI is InChI=1S/C21H26N6O2/c1-15-19(16(2)27(24-15)18-9-6-5-7-10-18)13-22-20(28)14-25(4)21(29)17(3)26-12-8-11-23-26/h5-12,17H,13-14H2,1-4H3,(H,22,28). The van der Waals surface area contributed by atoms with E-state index >= 15 is 0 Å². The maximum Gasteiger partial charge on any atom is 0.247 e. The van der Waals surface area contributed by atoms with Gasteiger partial charge in [0.25, 0.3) is 0 Å². The summed E-state index contributed by atoms with van der Waals surface area (Å²) in [5, 5.41) is 11.6. The van der Waals surface area contributed by atoms with E-state index in [-0.39, 0.29) is 18.4 Å². The van der Waals surface area contributed by atoms with Crippen molar-refractivity contribution in [1.82, 2.24) is 29.8 Å². The first kappa shape index (κ1) is 20.3. The number of carbonyl (C=O) groups excluding carboxylic acids is 2. The van der Waals surface area contributed by atoms with Gasteiger partial charge in [-0.1, -0.05) is 18.2 Å². The highest BCUT2D eigenvalue weighted by Crippen LogP contribution is 2.17. The average molecular weight is 394 g/mol. The lowest BCUT2D eigenvalue weighted by Gasteiger charge is -2.21. The molecule has 1 aromatic carbocycles. The van der Waals surface area contributed by atoms with Crippen LogP contribution in [0.3, 0.4) is 0 Å². The normalized spacial score (nSPS) is 11.9. The Balaban J connectivity index is 1.59. The summed E-state index contributed by atoms with van der Waals surface area (Å²) >= 11 is 0. The van der Waals surface area contributed by atoms with Gasteiger partial charge in [-0.2, -0.15) is 10.2 Å². The number of carbonyl (C=O) groups is 2. The molecule has 8 heteroatoms. The van der Waals surface area contributed by atoms with E-state index in [9.17, 15) is 9.59 Å². The molecule has 2 heterocycles. The summed E-state index contributed by atoms with van der Waals surface area (Å²) in [5.74, 6) is -0.395. The van der Waals surface area contributed by atoms with Crippen molar-refractivity contribution >= 4 is 11.8 Å². The monoisotopic (exact) mass is 394 g/mol. The van der Waals surface area contributed by atoms with Crippen molar-refractivity contribution in [3.63, 3.8) is 0 Å². The molecule has 29 heavy (non-hydrogen) atoms. The fourth-order valence-corrected chi connectivity index (χ4v) is 3.23. The highest BCUT2D eigenvalue weighted by Gasteiger charge is 2.21. The first-order chi connectivity index (χ1) is 13.9. The quantitative estimate of drug-likeness (QED) is 0.664. The summed E-state index contributed by atoms with van der Waals surface area (Å²) in [4.78, 5) is 26.3. The van der Waals surface area contributed by atoms with Crippen LogP contribution in [-0.2, 0) is 16.1 Å². The number of benzene rings is 1. The number of amides is 2. The van der Waals surface area contributed by atoms with E-state index in [0.717, 1.165) is 22.6 Å². The second kappa shape index (κ2) is 8.72. The summed E-state index contributed by atoms with van der Waals surface area (Å²) in [6.45, 7) is 6.01. The Labute approximate surface area is 170 Å². The summed E-state index contributed by atoms with van der Waals surface area (Å²) in [6, 6.07) is 11.2. The molecule has 0 saturated carbocycles. The molecule has 3 rings (SSSR count). The van der Waals surface area contributed by atoms with Gasteiger partial charge in [0.2, 0.25) is 11.8 Å². The molecule has 0 aliphatic heterocycles. The average Bonchev–Trinajstić information content (AvgIpc) is 3.34. The van der Waals surface area contributed by atoms with E-state index in [2.05, 4.69) is 15.5 Å². The van der Waals surface area contributed by atoms with Crippen LogP contribution in [0.4, 0.5) is 0 Å². The number of para-hydroxylation sites is 1. The Morgan fingerprint density at radius 2 is 1.90 bits per heavy atom. The molecule has 152 valence electrons. The van der Waals surface area contributed by atoms with E-state index < -0.39 is 6.04 Å². The van der Waals surface area contributed by atoms with Crippen LogP contribution in [0, 0.1) is 13.8 Å². The molecule has 0 aliphatic rings. The van der Waals surface area contributed by atoms with Crippen molar-refractivity contribution in [2.45, 2.75) is 33.4 Å². The van der Waals surface area contributed by atoms with Crippen molar-refractivity contribution in [2.24, 2.45) is 0 Å². The van der Waals surface area contributed by atoms with Gasteiger partial charge in [-0.05, 0) is 39.0 Å². The molecular weight excluding hydrogens is 368 g/mol. The van der Waals surface area contributed by atoms with E-state index in [4.69, 9.17) is 0 Å². The summed E-state index contributed by atoms with van der Waals surface area (Å²) < 4.78 is 3.44. The molecule has 8 nitrogen and oxygen atoms in total. The van der Waals surface area contributed by atoms with Crippen LogP contribution in [0.25, 0.3) is 5.69 Å². The second-order valence-electron chi connectivity index (χ2n) is 7.03. The largest absolute Gasteiger partial charge is 0.350 e. The van der Waals surface area contributed by atoms with E-state index in [0.29, 0.717) is 6.54 Å². The summed E-state index contributed by atoms with van der Waals surface area (Å²) in [6.07, 6.45) is 3.35. The van der Waals surface area contributed by atoms with Gasteiger partial charge in [0, 0.05) is 37.2 Å². The summed E-state index contributed by atoms with van der Waals surface area (Å²) in [5.41, 5.74) is 3.79. The molecule has 0 radical (unpaired) electrons. The van der Waals surface area contributed by atoms with Gasteiger partial charge in [0.15, 0.2) is 0 Å². The van der Waals surface area contributed by atoms with Crippen LogP contribution in [0.15, 0.2) is 48.8 Å². The molecule has 2 aromatic heterocycles. The number of aryl methyl sites for hydroxylation is 1. The molecule has 0 saturated heterocycles.